The first-order valence-electron chi connectivity index (χ1n) is 10.6. The van der Waals surface area contributed by atoms with Crippen LogP contribution >= 0.6 is 11.6 Å². The fourth-order valence-corrected chi connectivity index (χ4v) is 5.82. The van der Waals surface area contributed by atoms with Gasteiger partial charge in [-0.1, -0.05) is 24.4 Å². The van der Waals surface area contributed by atoms with E-state index in [0.29, 0.717) is 24.6 Å². The molecule has 0 spiro atoms. The van der Waals surface area contributed by atoms with Crippen molar-refractivity contribution in [3.05, 3.63) is 52.5 Å². The van der Waals surface area contributed by atoms with Crippen LogP contribution in [0.3, 0.4) is 0 Å². The van der Waals surface area contributed by atoms with Crippen LogP contribution < -0.4 is 14.8 Å². The number of methoxy groups -OCH3 is 2. The van der Waals surface area contributed by atoms with Crippen LogP contribution in [0.4, 0.5) is 0 Å². The number of hydrogen-bond donors (Lipinski definition) is 1. The Bertz CT molecular complexity index is 1070. The number of amides is 1. The Hall–Kier alpha value is -2.29. The van der Waals surface area contributed by atoms with E-state index in [1.807, 2.05) is 6.92 Å². The van der Waals surface area contributed by atoms with Crippen molar-refractivity contribution in [3.63, 3.8) is 0 Å². The van der Waals surface area contributed by atoms with Crippen LogP contribution in [0.25, 0.3) is 0 Å². The molecule has 7 nitrogen and oxygen atoms in total. The molecule has 1 fully saturated rings. The number of nitrogens with zero attached hydrogens (tertiary/aromatic N) is 1. The Morgan fingerprint density at radius 1 is 1.03 bits per heavy atom. The predicted octanol–water partition coefficient (Wildman–Crippen LogP) is 4.41. The van der Waals surface area contributed by atoms with Crippen LogP contribution in [-0.2, 0) is 10.0 Å². The molecule has 1 atom stereocenters. The van der Waals surface area contributed by atoms with E-state index >= 15 is 0 Å². The minimum absolute atomic E-state index is 0.0414. The number of rotatable bonds is 7. The SMILES string of the molecule is COc1ccc(OC)c(C(C)NC(=O)c2ccc(Cl)c(S(=O)(=O)N3CCCCCC3)c2)c1. The summed E-state index contributed by atoms with van der Waals surface area (Å²) >= 11 is 6.25. The normalized spacial score (nSPS) is 16.1. The fraction of sp³-hybridized carbons (Fsp3) is 0.435. The minimum Gasteiger partial charge on any atom is -0.497 e. The maximum absolute atomic E-state index is 13.2. The first-order chi connectivity index (χ1) is 15.3. The first-order valence-corrected chi connectivity index (χ1v) is 12.4. The number of benzene rings is 2. The van der Waals surface area contributed by atoms with Gasteiger partial charge in [0.15, 0.2) is 0 Å². The van der Waals surface area contributed by atoms with Crippen LogP contribution in [0, 0.1) is 0 Å². The highest BCUT2D eigenvalue weighted by Gasteiger charge is 2.28. The second-order valence-electron chi connectivity index (χ2n) is 7.77. The van der Waals surface area contributed by atoms with Crippen molar-refractivity contribution in [2.75, 3.05) is 27.3 Å². The van der Waals surface area contributed by atoms with Crippen molar-refractivity contribution in [1.29, 1.82) is 0 Å². The van der Waals surface area contributed by atoms with E-state index in [1.165, 1.54) is 22.5 Å². The number of carbonyl (C=O) groups is 1. The molecule has 2 aromatic carbocycles. The molecule has 0 aliphatic carbocycles. The standard InChI is InChI=1S/C23H29ClN2O5S/c1-16(19-15-18(30-2)9-11-21(19)31-3)25-23(27)17-8-10-20(24)22(14-17)32(28,29)26-12-6-4-5-7-13-26/h8-11,14-16H,4-7,12-13H2,1-3H3,(H,25,27). The zero-order valence-corrected chi connectivity index (χ0v) is 20.1. The Balaban J connectivity index is 1.85. The molecule has 1 saturated heterocycles. The summed E-state index contributed by atoms with van der Waals surface area (Å²) < 4.78 is 38.6. The van der Waals surface area contributed by atoms with Gasteiger partial charge in [-0.15, -0.1) is 0 Å². The smallest absolute Gasteiger partial charge is 0.251 e. The number of hydrogen-bond acceptors (Lipinski definition) is 5. The molecule has 1 amide bonds. The van der Waals surface area contributed by atoms with Crippen LogP contribution in [0.1, 0.15) is 54.6 Å². The lowest BCUT2D eigenvalue weighted by molar-refractivity contribution is 0.0939. The highest BCUT2D eigenvalue weighted by molar-refractivity contribution is 7.89. The van der Waals surface area contributed by atoms with Gasteiger partial charge in [0.1, 0.15) is 16.4 Å². The van der Waals surface area contributed by atoms with Gasteiger partial charge in [0.25, 0.3) is 5.91 Å². The second kappa shape index (κ2) is 10.6. The van der Waals surface area contributed by atoms with Crippen molar-refractivity contribution < 1.29 is 22.7 Å². The zero-order chi connectivity index (χ0) is 23.3. The van der Waals surface area contributed by atoms with Gasteiger partial charge in [-0.25, -0.2) is 8.42 Å². The molecular weight excluding hydrogens is 452 g/mol. The number of sulfonamides is 1. The van der Waals surface area contributed by atoms with E-state index in [9.17, 15) is 13.2 Å². The van der Waals surface area contributed by atoms with Crippen molar-refractivity contribution in [3.8, 4) is 11.5 Å². The molecular formula is C23H29ClN2O5S. The lowest BCUT2D eigenvalue weighted by atomic mass is 10.1. The van der Waals surface area contributed by atoms with Crippen molar-refractivity contribution in [2.24, 2.45) is 0 Å². The molecule has 1 aliphatic heterocycles. The topological polar surface area (TPSA) is 84.9 Å². The summed E-state index contributed by atoms with van der Waals surface area (Å²) in [6.07, 6.45) is 3.65. The van der Waals surface area contributed by atoms with E-state index in [2.05, 4.69) is 5.32 Å². The van der Waals surface area contributed by atoms with Crippen LogP contribution in [-0.4, -0.2) is 45.9 Å². The van der Waals surface area contributed by atoms with Gasteiger partial charge in [0.2, 0.25) is 10.0 Å². The quantitative estimate of drug-likeness (QED) is 0.634. The monoisotopic (exact) mass is 480 g/mol. The number of halogens is 1. The van der Waals surface area contributed by atoms with E-state index in [1.54, 1.807) is 32.4 Å². The molecule has 2 aromatic rings. The summed E-state index contributed by atoms with van der Waals surface area (Å²) in [7, 11) is -0.669. The minimum atomic E-state index is -3.79. The molecule has 0 aromatic heterocycles. The third kappa shape index (κ3) is 5.36. The maximum atomic E-state index is 13.2. The number of ether oxygens (including phenoxy) is 2. The summed E-state index contributed by atoms with van der Waals surface area (Å²) in [5, 5.41) is 3.01. The molecule has 1 aliphatic rings. The molecule has 0 radical (unpaired) electrons. The highest BCUT2D eigenvalue weighted by atomic mass is 35.5. The third-order valence-corrected chi connectivity index (χ3v) is 8.01. The molecule has 32 heavy (non-hydrogen) atoms. The average Bonchev–Trinajstić information content (AvgIpc) is 3.09. The zero-order valence-electron chi connectivity index (χ0n) is 18.6. The molecule has 1 unspecified atom stereocenters. The Labute approximate surface area is 194 Å². The van der Waals surface area contributed by atoms with Crippen LogP contribution in [0.15, 0.2) is 41.3 Å². The summed E-state index contributed by atoms with van der Waals surface area (Å²) in [5.74, 6) is 0.838. The van der Waals surface area contributed by atoms with Crippen molar-refractivity contribution in [1.82, 2.24) is 9.62 Å². The molecule has 0 saturated carbocycles. The molecule has 1 heterocycles. The lowest BCUT2D eigenvalue weighted by Crippen LogP contribution is -2.32. The molecule has 9 heteroatoms. The maximum Gasteiger partial charge on any atom is 0.251 e. The van der Waals surface area contributed by atoms with E-state index in [-0.39, 0.29) is 15.5 Å². The predicted molar refractivity (Wildman–Crippen MR) is 124 cm³/mol. The van der Waals surface area contributed by atoms with Crippen molar-refractivity contribution >= 4 is 27.5 Å². The Morgan fingerprint density at radius 3 is 2.34 bits per heavy atom. The number of nitrogens with one attached hydrogen (secondary N) is 1. The average molecular weight is 481 g/mol. The van der Waals surface area contributed by atoms with Gasteiger partial charge in [-0.2, -0.15) is 4.31 Å². The van der Waals surface area contributed by atoms with Gasteiger partial charge in [0.05, 0.1) is 25.3 Å². The van der Waals surface area contributed by atoms with E-state index < -0.39 is 22.0 Å². The molecule has 1 N–H and O–H groups in total. The summed E-state index contributed by atoms with van der Waals surface area (Å²) in [4.78, 5) is 12.9. The van der Waals surface area contributed by atoms with Gasteiger partial charge >= 0.3 is 0 Å². The summed E-state index contributed by atoms with van der Waals surface area (Å²) in [5.41, 5.74) is 0.961. The van der Waals surface area contributed by atoms with Gasteiger partial charge in [0, 0.05) is 24.2 Å². The molecule has 0 bridgehead atoms. The largest absolute Gasteiger partial charge is 0.497 e. The number of carbonyl (C=O) groups excluding carboxylic acids is 1. The van der Waals surface area contributed by atoms with Gasteiger partial charge in [-0.05, 0) is 56.2 Å². The lowest BCUT2D eigenvalue weighted by Gasteiger charge is -2.21. The first kappa shape index (κ1) is 24.4. The van der Waals surface area contributed by atoms with Crippen molar-refractivity contribution in [2.45, 2.75) is 43.5 Å². The summed E-state index contributed by atoms with van der Waals surface area (Å²) in [6.45, 7) is 2.74. The van der Waals surface area contributed by atoms with Crippen LogP contribution in [0.5, 0.6) is 11.5 Å². The Kier molecular flexibility index (Phi) is 8.03. The van der Waals surface area contributed by atoms with E-state index in [4.69, 9.17) is 21.1 Å². The van der Waals surface area contributed by atoms with E-state index in [0.717, 1.165) is 31.2 Å². The van der Waals surface area contributed by atoms with Gasteiger partial charge in [-0.3, -0.25) is 4.79 Å². The van der Waals surface area contributed by atoms with Gasteiger partial charge < -0.3 is 14.8 Å². The molecule has 174 valence electrons. The highest BCUT2D eigenvalue weighted by Crippen LogP contribution is 2.31. The Morgan fingerprint density at radius 2 is 1.72 bits per heavy atom. The molecule has 3 rings (SSSR count). The third-order valence-electron chi connectivity index (χ3n) is 5.63. The second-order valence-corrected chi connectivity index (χ2v) is 10.1. The van der Waals surface area contributed by atoms with Crippen LogP contribution in [0.2, 0.25) is 5.02 Å². The summed E-state index contributed by atoms with van der Waals surface area (Å²) in [6, 6.07) is 9.26. The fourth-order valence-electron chi connectivity index (χ4n) is 3.80.